The number of anilines is 1. The highest BCUT2D eigenvalue weighted by Gasteiger charge is 2.15. The Balaban J connectivity index is 2.05. The van der Waals surface area contributed by atoms with E-state index in [4.69, 9.17) is 5.73 Å². The van der Waals surface area contributed by atoms with E-state index in [0.717, 1.165) is 27.9 Å². The first-order valence-electron chi connectivity index (χ1n) is 6.80. The number of benzene rings is 1. The summed E-state index contributed by atoms with van der Waals surface area (Å²) >= 11 is 0. The summed E-state index contributed by atoms with van der Waals surface area (Å²) in [7, 11) is 0. The quantitative estimate of drug-likeness (QED) is 0.589. The first kappa shape index (κ1) is 12.5. The monoisotopic (exact) mass is 291 g/mol. The van der Waals surface area contributed by atoms with Crippen LogP contribution in [0.5, 0.6) is 0 Å². The fraction of sp³-hybridized carbons (Fsp3) is 0.0667. The molecule has 0 aliphatic rings. The van der Waals surface area contributed by atoms with Gasteiger partial charge in [0.2, 0.25) is 5.95 Å². The van der Waals surface area contributed by atoms with Crippen LogP contribution in [-0.4, -0.2) is 29.9 Å². The Bertz CT molecular complexity index is 953. The normalized spacial score (nSPS) is 11.1. The average molecular weight is 291 g/mol. The number of nitrogens with one attached hydrogen (secondary N) is 1. The number of H-pyrrole nitrogens is 1. The minimum atomic E-state index is 0.207. The lowest BCUT2D eigenvalue weighted by Gasteiger charge is -2.11. The first-order chi connectivity index (χ1) is 10.7. The Morgan fingerprint density at radius 2 is 2.14 bits per heavy atom. The molecule has 3 heterocycles. The van der Waals surface area contributed by atoms with Crippen LogP contribution < -0.4 is 5.73 Å². The highest BCUT2D eigenvalue weighted by molar-refractivity contribution is 5.93. The Labute approximate surface area is 125 Å². The predicted octanol–water partition coefficient (Wildman–Crippen LogP) is 2.10. The molecule has 108 valence electrons. The summed E-state index contributed by atoms with van der Waals surface area (Å²) in [6.45, 7) is 2.04. The van der Waals surface area contributed by atoms with Gasteiger partial charge in [0.25, 0.3) is 0 Å². The molecule has 7 heteroatoms. The molecule has 0 spiro atoms. The molecule has 0 bridgehead atoms. The molecular weight excluding hydrogens is 278 g/mol. The van der Waals surface area contributed by atoms with Crippen LogP contribution in [0.25, 0.3) is 28.0 Å². The molecule has 0 aliphatic heterocycles. The van der Waals surface area contributed by atoms with Crippen LogP contribution in [0.1, 0.15) is 5.56 Å². The van der Waals surface area contributed by atoms with Crippen molar-refractivity contribution in [3.8, 4) is 16.9 Å². The number of hydrogen-bond acceptors (Lipinski definition) is 5. The molecule has 3 aromatic heterocycles. The fourth-order valence-electron chi connectivity index (χ4n) is 2.50. The van der Waals surface area contributed by atoms with Crippen LogP contribution in [0.15, 0.2) is 42.9 Å². The van der Waals surface area contributed by atoms with Crippen LogP contribution in [-0.2, 0) is 0 Å². The average Bonchev–Trinajstić information content (AvgIpc) is 3.17. The van der Waals surface area contributed by atoms with Gasteiger partial charge in [-0.3, -0.25) is 5.10 Å². The lowest BCUT2D eigenvalue weighted by Crippen LogP contribution is -2.02. The van der Waals surface area contributed by atoms with E-state index in [1.165, 1.54) is 0 Å². The van der Waals surface area contributed by atoms with Gasteiger partial charge in [-0.15, -0.1) is 0 Å². The number of rotatable bonds is 2. The highest BCUT2D eigenvalue weighted by Crippen LogP contribution is 2.31. The summed E-state index contributed by atoms with van der Waals surface area (Å²) in [6, 6.07) is 7.99. The van der Waals surface area contributed by atoms with E-state index < -0.39 is 0 Å². The molecule has 0 amide bonds. The molecule has 0 radical (unpaired) electrons. The summed E-state index contributed by atoms with van der Waals surface area (Å²) in [4.78, 5) is 8.57. The van der Waals surface area contributed by atoms with Gasteiger partial charge in [0.15, 0.2) is 5.65 Å². The number of nitrogens with zero attached hydrogens (tertiary/aromatic N) is 5. The standard InChI is InChI=1S/C15H13N7/c1-9-3-4-10(12(7-9)22-6-2-5-18-22)13-11-8-17-21-14(11)20-15(16)19-13/h2-8H,1H3,(H3,16,17,19,20,21). The van der Waals surface area contributed by atoms with Crippen LogP contribution in [0.4, 0.5) is 5.95 Å². The summed E-state index contributed by atoms with van der Waals surface area (Å²) < 4.78 is 1.81. The molecule has 0 fully saturated rings. The molecule has 4 aromatic rings. The van der Waals surface area contributed by atoms with Crippen molar-refractivity contribution >= 4 is 17.0 Å². The third kappa shape index (κ3) is 1.91. The fourth-order valence-corrected chi connectivity index (χ4v) is 2.50. The van der Waals surface area contributed by atoms with E-state index >= 15 is 0 Å². The smallest absolute Gasteiger partial charge is 0.222 e. The number of hydrogen-bond donors (Lipinski definition) is 2. The minimum absolute atomic E-state index is 0.207. The van der Waals surface area contributed by atoms with E-state index in [0.29, 0.717) is 5.65 Å². The predicted molar refractivity (Wildman–Crippen MR) is 83.4 cm³/mol. The van der Waals surface area contributed by atoms with E-state index in [-0.39, 0.29) is 5.95 Å². The maximum absolute atomic E-state index is 5.83. The third-order valence-electron chi connectivity index (χ3n) is 3.49. The van der Waals surface area contributed by atoms with Crippen molar-refractivity contribution in [1.29, 1.82) is 0 Å². The molecule has 0 atom stereocenters. The van der Waals surface area contributed by atoms with Gasteiger partial charge in [0.1, 0.15) is 0 Å². The molecule has 0 saturated heterocycles. The second-order valence-electron chi connectivity index (χ2n) is 5.03. The maximum Gasteiger partial charge on any atom is 0.222 e. The molecule has 0 aliphatic carbocycles. The van der Waals surface area contributed by atoms with Gasteiger partial charge in [-0.2, -0.15) is 15.2 Å². The molecule has 4 rings (SSSR count). The zero-order valence-electron chi connectivity index (χ0n) is 11.9. The summed E-state index contributed by atoms with van der Waals surface area (Å²) in [5.74, 6) is 0.207. The van der Waals surface area contributed by atoms with Crippen LogP contribution in [0.2, 0.25) is 0 Å². The lowest BCUT2D eigenvalue weighted by molar-refractivity contribution is 0.880. The second-order valence-corrected chi connectivity index (χ2v) is 5.03. The Morgan fingerprint density at radius 1 is 1.23 bits per heavy atom. The number of fused-ring (bicyclic) bond motifs is 1. The maximum atomic E-state index is 5.83. The van der Waals surface area contributed by atoms with Crippen molar-refractivity contribution in [2.24, 2.45) is 0 Å². The zero-order chi connectivity index (χ0) is 15.1. The van der Waals surface area contributed by atoms with Gasteiger partial charge < -0.3 is 5.73 Å². The van der Waals surface area contributed by atoms with Gasteiger partial charge in [0.05, 0.1) is 23.0 Å². The molecule has 22 heavy (non-hydrogen) atoms. The molecule has 3 N–H and O–H groups in total. The Morgan fingerprint density at radius 3 is 2.95 bits per heavy atom. The number of nitrogen functional groups attached to an aromatic ring is 1. The Hall–Kier alpha value is -3.22. The van der Waals surface area contributed by atoms with Crippen molar-refractivity contribution in [2.45, 2.75) is 6.92 Å². The Kier molecular flexibility index (Phi) is 2.65. The lowest BCUT2D eigenvalue weighted by atomic mass is 10.0. The topological polar surface area (TPSA) is 98.3 Å². The van der Waals surface area contributed by atoms with Gasteiger partial charge in [-0.1, -0.05) is 12.1 Å². The number of nitrogens with two attached hydrogens (primary N) is 1. The van der Waals surface area contributed by atoms with E-state index in [1.54, 1.807) is 12.4 Å². The van der Waals surface area contributed by atoms with E-state index in [1.807, 2.05) is 36.0 Å². The zero-order valence-corrected chi connectivity index (χ0v) is 11.9. The van der Waals surface area contributed by atoms with Crippen molar-refractivity contribution < 1.29 is 0 Å². The van der Waals surface area contributed by atoms with Crippen molar-refractivity contribution in [3.05, 3.63) is 48.4 Å². The van der Waals surface area contributed by atoms with Gasteiger partial charge in [0, 0.05) is 18.0 Å². The SMILES string of the molecule is Cc1ccc(-c2nc(N)nc3[nH]ncc23)c(-n2cccn2)c1. The highest BCUT2D eigenvalue weighted by atomic mass is 15.3. The molecular formula is C15H13N7. The number of aromatic amines is 1. The third-order valence-corrected chi connectivity index (χ3v) is 3.49. The minimum Gasteiger partial charge on any atom is -0.368 e. The largest absolute Gasteiger partial charge is 0.368 e. The van der Waals surface area contributed by atoms with Crippen LogP contribution >= 0.6 is 0 Å². The summed E-state index contributed by atoms with van der Waals surface area (Å²) in [6.07, 6.45) is 5.35. The number of aryl methyl sites for hydroxylation is 1. The summed E-state index contributed by atoms with van der Waals surface area (Å²) in [5, 5.41) is 12.0. The van der Waals surface area contributed by atoms with Gasteiger partial charge in [-0.05, 0) is 24.6 Å². The van der Waals surface area contributed by atoms with Crippen molar-refractivity contribution in [1.82, 2.24) is 29.9 Å². The summed E-state index contributed by atoms with van der Waals surface area (Å²) in [5.41, 5.74) is 10.2. The molecule has 1 aromatic carbocycles. The van der Waals surface area contributed by atoms with Crippen LogP contribution in [0.3, 0.4) is 0 Å². The second kappa shape index (κ2) is 4.66. The van der Waals surface area contributed by atoms with Crippen molar-refractivity contribution in [2.75, 3.05) is 5.73 Å². The van der Waals surface area contributed by atoms with Crippen LogP contribution in [0, 0.1) is 6.92 Å². The van der Waals surface area contributed by atoms with Gasteiger partial charge >= 0.3 is 0 Å². The van der Waals surface area contributed by atoms with Crippen molar-refractivity contribution in [3.63, 3.8) is 0 Å². The van der Waals surface area contributed by atoms with E-state index in [9.17, 15) is 0 Å². The molecule has 0 unspecified atom stereocenters. The van der Waals surface area contributed by atoms with Gasteiger partial charge in [-0.25, -0.2) is 9.67 Å². The van der Waals surface area contributed by atoms with E-state index in [2.05, 4.69) is 31.3 Å². The molecule has 7 nitrogen and oxygen atoms in total. The molecule has 0 saturated carbocycles. The first-order valence-corrected chi connectivity index (χ1v) is 6.80. The number of aromatic nitrogens is 6.